The summed E-state index contributed by atoms with van der Waals surface area (Å²) in [5.41, 5.74) is 2.32. The summed E-state index contributed by atoms with van der Waals surface area (Å²) in [4.78, 5) is 27.1. The van der Waals surface area contributed by atoms with Crippen molar-refractivity contribution in [2.24, 2.45) is 5.92 Å². The highest BCUT2D eigenvalue weighted by Crippen LogP contribution is 2.22. The van der Waals surface area contributed by atoms with Crippen molar-refractivity contribution in [2.45, 2.75) is 32.6 Å². The number of nitrogens with zero attached hydrogens (tertiary/aromatic N) is 1. The lowest BCUT2D eigenvalue weighted by Gasteiger charge is -2.30. The molecule has 1 saturated heterocycles. The van der Waals surface area contributed by atoms with Crippen LogP contribution in [0.3, 0.4) is 0 Å². The van der Waals surface area contributed by atoms with Gasteiger partial charge in [-0.3, -0.25) is 9.59 Å². The molecule has 0 aliphatic carbocycles. The van der Waals surface area contributed by atoms with Crippen LogP contribution in [-0.4, -0.2) is 29.8 Å². The van der Waals surface area contributed by atoms with Gasteiger partial charge in [-0.2, -0.15) is 0 Å². The Balaban J connectivity index is 1.63. The lowest BCUT2D eigenvalue weighted by atomic mass is 9.98. The number of amides is 2. The van der Waals surface area contributed by atoms with E-state index in [4.69, 9.17) is 0 Å². The zero-order chi connectivity index (χ0) is 18.4. The molecule has 3 rings (SSSR count). The van der Waals surface area contributed by atoms with Crippen molar-refractivity contribution in [1.29, 1.82) is 0 Å². The number of nitrogens with one attached hydrogen (secondary N) is 1. The number of anilines is 1. The van der Waals surface area contributed by atoms with E-state index < -0.39 is 0 Å². The molecular weight excluding hydrogens is 324 g/mol. The zero-order valence-electron chi connectivity index (χ0n) is 15.3. The molecule has 0 spiro atoms. The first-order valence-electron chi connectivity index (χ1n) is 9.35. The first-order valence-corrected chi connectivity index (χ1v) is 9.35. The van der Waals surface area contributed by atoms with Gasteiger partial charge in [-0.15, -0.1) is 0 Å². The number of piperidine rings is 1. The topological polar surface area (TPSA) is 49.4 Å². The van der Waals surface area contributed by atoms with Crippen LogP contribution in [0.15, 0.2) is 54.6 Å². The lowest BCUT2D eigenvalue weighted by Crippen LogP contribution is -2.38. The summed E-state index contributed by atoms with van der Waals surface area (Å²) in [6.07, 6.45) is 3.16. The molecule has 2 amide bonds. The molecule has 0 bridgehead atoms. The quantitative estimate of drug-likeness (QED) is 0.881. The average Bonchev–Trinajstić information content (AvgIpc) is 2.68. The van der Waals surface area contributed by atoms with Crippen molar-refractivity contribution < 1.29 is 9.59 Å². The molecule has 0 unspecified atom stereocenters. The summed E-state index contributed by atoms with van der Waals surface area (Å²) in [5, 5.41) is 2.92. The van der Waals surface area contributed by atoms with Gasteiger partial charge in [0.05, 0.1) is 11.3 Å². The van der Waals surface area contributed by atoms with Gasteiger partial charge in [0.15, 0.2) is 0 Å². The summed E-state index contributed by atoms with van der Waals surface area (Å²) in [6, 6.07) is 17.2. The van der Waals surface area contributed by atoms with Crippen LogP contribution >= 0.6 is 0 Å². The Bertz CT molecular complexity index is 750. The van der Waals surface area contributed by atoms with E-state index in [1.807, 2.05) is 47.4 Å². The maximum atomic E-state index is 12.9. The molecule has 1 fully saturated rings. The predicted molar refractivity (Wildman–Crippen MR) is 104 cm³/mol. The summed E-state index contributed by atoms with van der Waals surface area (Å²) >= 11 is 0. The second-order valence-electron chi connectivity index (χ2n) is 7.05. The van der Waals surface area contributed by atoms with Crippen LogP contribution in [0.25, 0.3) is 0 Å². The van der Waals surface area contributed by atoms with Crippen LogP contribution in [0.5, 0.6) is 0 Å². The highest BCUT2D eigenvalue weighted by molar-refractivity contribution is 6.03. The largest absolute Gasteiger partial charge is 0.339 e. The number of para-hydroxylation sites is 1. The van der Waals surface area contributed by atoms with E-state index in [-0.39, 0.29) is 11.8 Å². The van der Waals surface area contributed by atoms with Crippen LogP contribution < -0.4 is 5.32 Å². The number of rotatable bonds is 5. The van der Waals surface area contributed by atoms with Gasteiger partial charge in [-0.25, -0.2) is 0 Å². The molecule has 4 heteroatoms. The molecule has 0 saturated carbocycles. The Morgan fingerprint density at radius 2 is 1.65 bits per heavy atom. The first-order chi connectivity index (χ1) is 12.6. The van der Waals surface area contributed by atoms with E-state index in [0.29, 0.717) is 30.0 Å². The molecule has 0 radical (unpaired) electrons. The van der Waals surface area contributed by atoms with E-state index in [2.05, 4.69) is 12.2 Å². The number of carbonyl (C=O) groups excluding carboxylic acids is 2. The van der Waals surface area contributed by atoms with Crippen molar-refractivity contribution in [2.75, 3.05) is 18.4 Å². The summed E-state index contributed by atoms with van der Waals surface area (Å²) in [7, 11) is 0. The van der Waals surface area contributed by atoms with E-state index in [1.165, 1.54) is 0 Å². The fraction of sp³-hybridized carbons (Fsp3) is 0.364. The number of carbonyl (C=O) groups is 2. The second-order valence-corrected chi connectivity index (χ2v) is 7.05. The third kappa shape index (κ3) is 4.72. The third-order valence-electron chi connectivity index (χ3n) is 4.99. The summed E-state index contributed by atoms with van der Waals surface area (Å²) in [6.45, 7) is 3.80. The van der Waals surface area contributed by atoms with Crippen LogP contribution in [0.4, 0.5) is 5.69 Å². The maximum Gasteiger partial charge on any atom is 0.255 e. The van der Waals surface area contributed by atoms with Gasteiger partial charge >= 0.3 is 0 Å². The molecule has 1 aliphatic heterocycles. The molecule has 2 aromatic rings. The Morgan fingerprint density at radius 3 is 2.38 bits per heavy atom. The van der Waals surface area contributed by atoms with E-state index in [1.54, 1.807) is 12.1 Å². The van der Waals surface area contributed by atoms with Crippen LogP contribution in [0.2, 0.25) is 0 Å². The molecular formula is C22H26N2O2. The molecule has 0 aromatic heterocycles. The monoisotopic (exact) mass is 350 g/mol. The fourth-order valence-corrected chi connectivity index (χ4v) is 3.28. The Kier molecular flexibility index (Phi) is 6.05. The van der Waals surface area contributed by atoms with Gasteiger partial charge in [-0.1, -0.05) is 49.4 Å². The SMILES string of the molecule is CC1CCN(C(=O)c2ccccc2NC(=O)CCc2ccccc2)CC1. The molecule has 0 atom stereocenters. The van der Waals surface area contributed by atoms with Crippen molar-refractivity contribution in [3.8, 4) is 0 Å². The molecule has 2 aromatic carbocycles. The van der Waals surface area contributed by atoms with Crippen molar-refractivity contribution in [3.63, 3.8) is 0 Å². The van der Waals surface area contributed by atoms with Crippen molar-refractivity contribution in [1.82, 2.24) is 4.90 Å². The number of benzene rings is 2. The number of aryl methyl sites for hydroxylation is 1. The molecule has 1 aliphatic rings. The standard InChI is InChI=1S/C22H26N2O2/c1-17-13-15-24(16-14-17)22(26)19-9-5-6-10-20(19)23-21(25)12-11-18-7-3-2-4-8-18/h2-10,17H,11-16H2,1H3,(H,23,25). The van der Waals surface area contributed by atoms with E-state index in [0.717, 1.165) is 31.5 Å². The average molecular weight is 350 g/mol. The Hall–Kier alpha value is -2.62. The minimum absolute atomic E-state index is 0.0101. The third-order valence-corrected chi connectivity index (χ3v) is 4.99. The van der Waals surface area contributed by atoms with Crippen molar-refractivity contribution in [3.05, 3.63) is 65.7 Å². The van der Waals surface area contributed by atoms with E-state index >= 15 is 0 Å². The number of hydrogen-bond acceptors (Lipinski definition) is 2. The second kappa shape index (κ2) is 8.65. The molecule has 1 heterocycles. The smallest absolute Gasteiger partial charge is 0.255 e. The first kappa shape index (κ1) is 18.2. The molecule has 1 N–H and O–H groups in total. The Morgan fingerprint density at radius 1 is 1.00 bits per heavy atom. The Labute approximate surface area is 155 Å². The summed E-state index contributed by atoms with van der Waals surface area (Å²) < 4.78 is 0. The van der Waals surface area contributed by atoms with Crippen LogP contribution in [-0.2, 0) is 11.2 Å². The summed E-state index contributed by atoms with van der Waals surface area (Å²) in [5.74, 6) is 0.615. The van der Waals surface area contributed by atoms with Crippen LogP contribution in [0.1, 0.15) is 42.1 Å². The maximum absolute atomic E-state index is 12.9. The molecule has 4 nitrogen and oxygen atoms in total. The van der Waals surface area contributed by atoms with Gasteiger partial charge in [0.25, 0.3) is 5.91 Å². The van der Waals surface area contributed by atoms with Crippen LogP contribution in [0, 0.1) is 5.92 Å². The van der Waals surface area contributed by atoms with Gasteiger partial charge in [0.2, 0.25) is 5.91 Å². The minimum atomic E-state index is -0.0682. The zero-order valence-corrected chi connectivity index (χ0v) is 15.3. The van der Waals surface area contributed by atoms with Gasteiger partial charge in [0, 0.05) is 19.5 Å². The normalized spacial score (nSPS) is 14.9. The van der Waals surface area contributed by atoms with Crippen molar-refractivity contribution >= 4 is 17.5 Å². The highest BCUT2D eigenvalue weighted by atomic mass is 16.2. The number of hydrogen-bond donors (Lipinski definition) is 1. The minimum Gasteiger partial charge on any atom is -0.339 e. The van der Waals surface area contributed by atoms with Gasteiger partial charge in [-0.05, 0) is 42.9 Å². The van der Waals surface area contributed by atoms with Gasteiger partial charge < -0.3 is 10.2 Å². The van der Waals surface area contributed by atoms with Gasteiger partial charge in [0.1, 0.15) is 0 Å². The fourth-order valence-electron chi connectivity index (χ4n) is 3.28. The molecule has 26 heavy (non-hydrogen) atoms. The number of likely N-dealkylation sites (tertiary alicyclic amines) is 1. The highest BCUT2D eigenvalue weighted by Gasteiger charge is 2.23. The lowest BCUT2D eigenvalue weighted by molar-refractivity contribution is -0.116. The molecule has 136 valence electrons. The van der Waals surface area contributed by atoms with E-state index in [9.17, 15) is 9.59 Å². The predicted octanol–water partition coefficient (Wildman–Crippen LogP) is 4.13.